The van der Waals surface area contributed by atoms with Gasteiger partial charge in [-0.3, -0.25) is 0 Å². The van der Waals surface area contributed by atoms with Crippen LogP contribution in [0.25, 0.3) is 33.3 Å². The van der Waals surface area contributed by atoms with Gasteiger partial charge in [-0.1, -0.05) is 61.9 Å². The van der Waals surface area contributed by atoms with Gasteiger partial charge in [0, 0.05) is 17.5 Å². The summed E-state index contributed by atoms with van der Waals surface area (Å²) < 4.78 is 2.35. The Morgan fingerprint density at radius 2 is 1.70 bits per heavy atom. The van der Waals surface area contributed by atoms with Crippen molar-refractivity contribution in [1.82, 2.24) is 14.5 Å². The Bertz CT molecular complexity index is 955. The number of hydrogen-bond acceptors (Lipinski definition) is 2. The number of rotatable bonds is 4. The van der Waals surface area contributed by atoms with Crippen molar-refractivity contribution in [3.8, 4) is 11.4 Å². The van der Waals surface area contributed by atoms with E-state index in [9.17, 15) is 0 Å². The van der Waals surface area contributed by atoms with Crippen molar-refractivity contribution >= 4 is 21.9 Å². The molecule has 4 rings (SSSR count). The Labute approximate surface area is 135 Å². The minimum absolute atomic E-state index is 0.788. The third kappa shape index (κ3) is 2.38. The quantitative estimate of drug-likeness (QED) is 0.528. The standard InChI is InChI=1S/C20H19N3/c1-2-3-13-23-17-12-8-7-11-16(17)19-18(23)14-21-20(22-19)15-9-5-4-6-10-15/h4-12,14H,2-3,13H2,1H3. The topological polar surface area (TPSA) is 30.7 Å². The van der Waals surface area contributed by atoms with Gasteiger partial charge in [-0.2, -0.15) is 0 Å². The van der Waals surface area contributed by atoms with Crippen molar-refractivity contribution in [3.05, 3.63) is 60.8 Å². The summed E-state index contributed by atoms with van der Waals surface area (Å²) in [6.07, 6.45) is 4.31. The first kappa shape index (κ1) is 13.9. The van der Waals surface area contributed by atoms with Crippen molar-refractivity contribution < 1.29 is 0 Å². The Balaban J connectivity index is 1.96. The number of nitrogens with zero attached hydrogens (tertiary/aromatic N) is 3. The van der Waals surface area contributed by atoms with Crippen LogP contribution < -0.4 is 0 Å². The SMILES string of the molecule is CCCCn1c2ccccc2c2nc(-c3ccccc3)ncc21. The molecule has 23 heavy (non-hydrogen) atoms. The first-order valence-corrected chi connectivity index (χ1v) is 8.18. The Morgan fingerprint density at radius 1 is 0.913 bits per heavy atom. The van der Waals surface area contributed by atoms with Gasteiger partial charge >= 0.3 is 0 Å². The first-order valence-electron chi connectivity index (χ1n) is 8.18. The number of unbranched alkanes of at least 4 members (excludes halogenated alkanes) is 1. The molecule has 2 heterocycles. The van der Waals surface area contributed by atoms with Crippen molar-refractivity contribution in [2.24, 2.45) is 0 Å². The lowest BCUT2D eigenvalue weighted by molar-refractivity contribution is 0.664. The van der Waals surface area contributed by atoms with Crippen LogP contribution in [0.15, 0.2) is 60.8 Å². The lowest BCUT2D eigenvalue weighted by Crippen LogP contribution is -1.98. The third-order valence-corrected chi connectivity index (χ3v) is 4.28. The molecule has 0 saturated heterocycles. The Morgan fingerprint density at radius 3 is 2.52 bits per heavy atom. The second kappa shape index (κ2) is 5.84. The molecule has 3 nitrogen and oxygen atoms in total. The smallest absolute Gasteiger partial charge is 0.159 e. The van der Waals surface area contributed by atoms with Crippen LogP contribution in [0.4, 0.5) is 0 Å². The normalized spacial score (nSPS) is 11.3. The highest BCUT2D eigenvalue weighted by Gasteiger charge is 2.13. The zero-order valence-corrected chi connectivity index (χ0v) is 13.2. The lowest BCUT2D eigenvalue weighted by atomic mass is 10.2. The summed E-state index contributed by atoms with van der Waals surface area (Å²) >= 11 is 0. The molecule has 0 saturated carbocycles. The predicted octanol–water partition coefficient (Wildman–Crippen LogP) is 5.05. The molecule has 0 fully saturated rings. The van der Waals surface area contributed by atoms with E-state index in [-0.39, 0.29) is 0 Å². The molecule has 4 aromatic rings. The van der Waals surface area contributed by atoms with E-state index in [1.54, 1.807) is 0 Å². The van der Waals surface area contributed by atoms with Crippen LogP contribution in [0.5, 0.6) is 0 Å². The average Bonchev–Trinajstić information content (AvgIpc) is 2.94. The fourth-order valence-electron chi connectivity index (χ4n) is 3.09. The van der Waals surface area contributed by atoms with Gasteiger partial charge in [-0.25, -0.2) is 9.97 Å². The number of benzene rings is 2. The van der Waals surface area contributed by atoms with E-state index in [0.717, 1.165) is 35.4 Å². The number of hydrogen-bond donors (Lipinski definition) is 0. The molecule has 0 bridgehead atoms. The van der Waals surface area contributed by atoms with E-state index in [4.69, 9.17) is 4.98 Å². The summed E-state index contributed by atoms with van der Waals surface area (Å²) in [6, 6.07) is 18.7. The van der Waals surface area contributed by atoms with Crippen molar-refractivity contribution in [3.63, 3.8) is 0 Å². The van der Waals surface area contributed by atoms with Crippen LogP contribution in [0.3, 0.4) is 0 Å². The van der Waals surface area contributed by atoms with Crippen LogP contribution in [-0.4, -0.2) is 14.5 Å². The molecule has 0 aliphatic heterocycles. The Hall–Kier alpha value is -2.68. The number of aromatic nitrogens is 3. The number of para-hydroxylation sites is 1. The molecule has 0 radical (unpaired) electrons. The van der Waals surface area contributed by atoms with Crippen molar-refractivity contribution in [2.75, 3.05) is 0 Å². The molecule has 0 amide bonds. The molecule has 2 aromatic heterocycles. The summed E-state index contributed by atoms with van der Waals surface area (Å²) in [4.78, 5) is 9.48. The highest BCUT2D eigenvalue weighted by Crippen LogP contribution is 2.29. The molecule has 0 unspecified atom stereocenters. The maximum atomic E-state index is 4.87. The first-order chi connectivity index (χ1) is 11.4. The minimum Gasteiger partial charge on any atom is -0.338 e. The van der Waals surface area contributed by atoms with Crippen LogP contribution in [0.1, 0.15) is 19.8 Å². The lowest BCUT2D eigenvalue weighted by Gasteiger charge is -2.06. The molecule has 3 heteroatoms. The second-order valence-corrected chi connectivity index (χ2v) is 5.82. The van der Waals surface area contributed by atoms with Crippen molar-refractivity contribution in [2.45, 2.75) is 26.3 Å². The fourth-order valence-corrected chi connectivity index (χ4v) is 3.09. The molecule has 0 aliphatic carbocycles. The Kier molecular flexibility index (Phi) is 3.54. The van der Waals surface area contributed by atoms with Crippen LogP contribution >= 0.6 is 0 Å². The molecule has 0 atom stereocenters. The van der Waals surface area contributed by atoms with E-state index in [1.807, 2.05) is 24.4 Å². The van der Waals surface area contributed by atoms with Gasteiger partial charge in [0.25, 0.3) is 0 Å². The molecule has 114 valence electrons. The van der Waals surface area contributed by atoms with E-state index in [1.165, 1.54) is 17.3 Å². The van der Waals surface area contributed by atoms with Gasteiger partial charge < -0.3 is 4.57 Å². The molecule has 0 spiro atoms. The minimum atomic E-state index is 0.788. The van der Waals surface area contributed by atoms with Gasteiger partial charge in [0.2, 0.25) is 0 Å². The fraction of sp³-hybridized carbons (Fsp3) is 0.200. The zero-order valence-electron chi connectivity index (χ0n) is 13.2. The van der Waals surface area contributed by atoms with Gasteiger partial charge in [0.15, 0.2) is 5.82 Å². The largest absolute Gasteiger partial charge is 0.338 e. The van der Waals surface area contributed by atoms with Crippen LogP contribution in [0.2, 0.25) is 0 Å². The summed E-state index contributed by atoms with van der Waals surface area (Å²) in [5.41, 5.74) is 4.47. The number of aryl methyl sites for hydroxylation is 1. The molecular weight excluding hydrogens is 282 g/mol. The van der Waals surface area contributed by atoms with Gasteiger partial charge in [0.1, 0.15) is 5.52 Å². The predicted molar refractivity (Wildman–Crippen MR) is 95.4 cm³/mol. The highest BCUT2D eigenvalue weighted by atomic mass is 15.0. The van der Waals surface area contributed by atoms with Crippen LogP contribution in [0, 0.1) is 0 Å². The molecule has 0 aliphatic rings. The highest BCUT2D eigenvalue weighted by molar-refractivity contribution is 6.05. The maximum absolute atomic E-state index is 4.87. The van der Waals surface area contributed by atoms with E-state index >= 15 is 0 Å². The summed E-state index contributed by atoms with van der Waals surface area (Å²) in [5, 5.41) is 1.21. The average molecular weight is 301 g/mol. The van der Waals surface area contributed by atoms with E-state index < -0.39 is 0 Å². The van der Waals surface area contributed by atoms with Gasteiger partial charge in [0.05, 0.1) is 17.2 Å². The van der Waals surface area contributed by atoms with E-state index in [2.05, 4.69) is 52.9 Å². The summed E-state index contributed by atoms with van der Waals surface area (Å²) in [5.74, 6) is 0.788. The maximum Gasteiger partial charge on any atom is 0.159 e. The second-order valence-electron chi connectivity index (χ2n) is 5.82. The third-order valence-electron chi connectivity index (χ3n) is 4.28. The molecule has 0 N–H and O–H groups in total. The van der Waals surface area contributed by atoms with Gasteiger partial charge in [-0.05, 0) is 12.5 Å². The van der Waals surface area contributed by atoms with Crippen LogP contribution in [-0.2, 0) is 6.54 Å². The molecular formula is C20H19N3. The summed E-state index contributed by atoms with van der Waals surface area (Å²) in [7, 11) is 0. The molecule has 2 aromatic carbocycles. The zero-order chi connectivity index (χ0) is 15.6. The van der Waals surface area contributed by atoms with Gasteiger partial charge in [-0.15, -0.1) is 0 Å². The van der Waals surface area contributed by atoms with Crippen molar-refractivity contribution in [1.29, 1.82) is 0 Å². The summed E-state index contributed by atoms with van der Waals surface area (Å²) in [6.45, 7) is 3.23. The van der Waals surface area contributed by atoms with E-state index in [0.29, 0.717) is 0 Å². The monoisotopic (exact) mass is 301 g/mol. The number of fused-ring (bicyclic) bond motifs is 3.